The Morgan fingerprint density at radius 2 is 1.76 bits per heavy atom. The van der Waals surface area contributed by atoms with Gasteiger partial charge in [0.05, 0.1) is 27.7 Å². The first-order valence-corrected chi connectivity index (χ1v) is 8.87. The summed E-state index contributed by atoms with van der Waals surface area (Å²) in [6.07, 6.45) is 0. The summed E-state index contributed by atoms with van der Waals surface area (Å²) in [6, 6.07) is 14.7. The molecule has 25 heavy (non-hydrogen) atoms. The Kier molecular flexibility index (Phi) is 5.21. The minimum atomic E-state index is -0.105. The van der Waals surface area contributed by atoms with E-state index in [-0.39, 0.29) is 11.6 Å². The van der Waals surface area contributed by atoms with E-state index >= 15 is 0 Å². The van der Waals surface area contributed by atoms with Crippen molar-refractivity contribution < 1.29 is 0 Å². The van der Waals surface area contributed by atoms with E-state index in [1.165, 1.54) is 0 Å². The van der Waals surface area contributed by atoms with Crippen LogP contribution < -0.4 is 10.9 Å². The van der Waals surface area contributed by atoms with Gasteiger partial charge in [0.1, 0.15) is 5.82 Å². The second kappa shape index (κ2) is 7.38. The van der Waals surface area contributed by atoms with Gasteiger partial charge in [0.2, 0.25) is 0 Å². The second-order valence-corrected chi connectivity index (χ2v) is 7.01. The van der Waals surface area contributed by atoms with Crippen LogP contribution in [0.15, 0.2) is 53.3 Å². The lowest BCUT2D eigenvalue weighted by atomic mass is 10.1. The van der Waals surface area contributed by atoms with Crippen LogP contribution in [0, 0.1) is 5.92 Å². The third kappa shape index (κ3) is 3.60. The molecule has 3 aromatic rings. The first kappa shape index (κ1) is 17.6. The van der Waals surface area contributed by atoms with Gasteiger partial charge in [0.25, 0.3) is 5.56 Å². The number of nitrogens with zero attached hydrogens (tertiary/aromatic N) is 2. The molecule has 0 fully saturated rings. The van der Waals surface area contributed by atoms with Crippen molar-refractivity contribution in [3.8, 4) is 5.69 Å². The second-order valence-electron chi connectivity index (χ2n) is 6.60. The molecule has 0 aliphatic heterocycles. The summed E-state index contributed by atoms with van der Waals surface area (Å²) in [4.78, 5) is 18.0. The Labute approximate surface area is 152 Å². The third-order valence-electron chi connectivity index (χ3n) is 4.11. The van der Waals surface area contributed by atoms with E-state index in [1.54, 1.807) is 16.7 Å². The fraction of sp³-hybridized carbons (Fsp3) is 0.300. The molecule has 1 heterocycles. The molecule has 3 rings (SSSR count). The summed E-state index contributed by atoms with van der Waals surface area (Å²) < 4.78 is 1.63. The number of halogens is 1. The zero-order valence-corrected chi connectivity index (χ0v) is 15.4. The minimum absolute atomic E-state index is 0.0871. The van der Waals surface area contributed by atoms with Crippen LogP contribution in [0.5, 0.6) is 0 Å². The first-order chi connectivity index (χ1) is 12.0. The third-order valence-corrected chi connectivity index (χ3v) is 4.43. The average molecular weight is 356 g/mol. The minimum Gasteiger partial charge on any atom is -0.307 e. The van der Waals surface area contributed by atoms with Gasteiger partial charge < -0.3 is 5.32 Å². The van der Waals surface area contributed by atoms with Gasteiger partial charge in [-0.15, -0.1) is 0 Å². The topological polar surface area (TPSA) is 46.9 Å². The lowest BCUT2D eigenvalue weighted by Crippen LogP contribution is -2.31. The van der Waals surface area contributed by atoms with E-state index in [0.717, 1.165) is 6.54 Å². The highest BCUT2D eigenvalue weighted by atomic mass is 35.5. The van der Waals surface area contributed by atoms with E-state index in [0.29, 0.717) is 33.4 Å². The van der Waals surface area contributed by atoms with Crippen molar-refractivity contribution in [1.82, 2.24) is 14.9 Å². The van der Waals surface area contributed by atoms with Gasteiger partial charge >= 0.3 is 0 Å². The van der Waals surface area contributed by atoms with Crippen LogP contribution in [0.4, 0.5) is 0 Å². The number of fused-ring (bicyclic) bond motifs is 1. The molecule has 4 nitrogen and oxygen atoms in total. The molecule has 1 aromatic heterocycles. The van der Waals surface area contributed by atoms with Crippen molar-refractivity contribution in [2.24, 2.45) is 5.92 Å². The Morgan fingerprint density at radius 1 is 1.08 bits per heavy atom. The zero-order chi connectivity index (χ0) is 18.0. The quantitative estimate of drug-likeness (QED) is 0.740. The van der Waals surface area contributed by atoms with Crippen LogP contribution >= 0.6 is 11.6 Å². The smallest absolute Gasteiger partial charge is 0.266 e. The molecule has 0 saturated heterocycles. The van der Waals surface area contributed by atoms with Crippen LogP contribution in [0.3, 0.4) is 0 Å². The number of para-hydroxylation sites is 2. The van der Waals surface area contributed by atoms with E-state index < -0.39 is 0 Å². The number of aromatic nitrogens is 2. The number of benzene rings is 2. The molecular weight excluding hydrogens is 334 g/mol. The van der Waals surface area contributed by atoms with Gasteiger partial charge in [-0.3, -0.25) is 9.36 Å². The van der Waals surface area contributed by atoms with Crippen LogP contribution in [0.2, 0.25) is 5.02 Å². The molecule has 0 bridgehead atoms. The lowest BCUT2D eigenvalue weighted by molar-refractivity contribution is 0.475. The molecule has 0 radical (unpaired) electrons. The summed E-state index contributed by atoms with van der Waals surface area (Å²) in [6.45, 7) is 7.15. The van der Waals surface area contributed by atoms with Crippen molar-refractivity contribution in [3.05, 3.63) is 69.7 Å². The van der Waals surface area contributed by atoms with Gasteiger partial charge in [-0.05, 0) is 43.7 Å². The van der Waals surface area contributed by atoms with Crippen LogP contribution in [-0.2, 0) is 0 Å². The molecular formula is C20H22ClN3O. The molecule has 0 unspecified atom stereocenters. The molecule has 130 valence electrons. The number of hydrogen-bond donors (Lipinski definition) is 1. The van der Waals surface area contributed by atoms with Gasteiger partial charge in [-0.25, -0.2) is 4.98 Å². The highest BCUT2D eigenvalue weighted by molar-refractivity contribution is 6.32. The predicted octanol–water partition coefficient (Wildman–Crippen LogP) is 4.35. The molecule has 0 aliphatic rings. The first-order valence-electron chi connectivity index (χ1n) is 8.49. The number of hydrogen-bond acceptors (Lipinski definition) is 3. The summed E-state index contributed by atoms with van der Waals surface area (Å²) >= 11 is 6.38. The summed E-state index contributed by atoms with van der Waals surface area (Å²) in [7, 11) is 0. The maximum absolute atomic E-state index is 13.2. The van der Waals surface area contributed by atoms with Gasteiger partial charge in [-0.2, -0.15) is 0 Å². The van der Waals surface area contributed by atoms with Gasteiger partial charge in [0.15, 0.2) is 0 Å². The average Bonchev–Trinajstić information content (AvgIpc) is 2.60. The number of nitrogens with one attached hydrogen (secondary N) is 1. The summed E-state index contributed by atoms with van der Waals surface area (Å²) in [5.74, 6) is 1.17. The summed E-state index contributed by atoms with van der Waals surface area (Å²) in [5.41, 5.74) is 1.25. The fourth-order valence-electron chi connectivity index (χ4n) is 2.81. The molecule has 0 aliphatic carbocycles. The lowest BCUT2D eigenvalue weighted by Gasteiger charge is -2.21. The molecule has 0 spiro atoms. The predicted molar refractivity (Wildman–Crippen MR) is 104 cm³/mol. The monoisotopic (exact) mass is 355 g/mol. The van der Waals surface area contributed by atoms with E-state index in [4.69, 9.17) is 16.6 Å². The molecule has 1 atom stereocenters. The van der Waals surface area contributed by atoms with Gasteiger partial charge in [-0.1, -0.05) is 49.7 Å². The Hall–Kier alpha value is -2.17. The maximum Gasteiger partial charge on any atom is 0.266 e. The van der Waals surface area contributed by atoms with Crippen molar-refractivity contribution in [2.45, 2.75) is 26.8 Å². The zero-order valence-electron chi connectivity index (χ0n) is 14.7. The highest BCUT2D eigenvalue weighted by Crippen LogP contribution is 2.23. The highest BCUT2D eigenvalue weighted by Gasteiger charge is 2.19. The Balaban J connectivity index is 2.25. The molecule has 1 N–H and O–H groups in total. The molecule has 2 aromatic carbocycles. The van der Waals surface area contributed by atoms with E-state index in [1.807, 2.05) is 43.3 Å². The van der Waals surface area contributed by atoms with Crippen molar-refractivity contribution in [1.29, 1.82) is 0 Å². The standard InChI is InChI=1S/C20H22ClN3O/c1-13(2)12-22-14(3)19-23-17-10-6-4-8-15(17)20(25)24(19)18-11-7-5-9-16(18)21/h4-11,13-14,22H,12H2,1-3H3/t14-/m0/s1. The largest absolute Gasteiger partial charge is 0.307 e. The van der Waals surface area contributed by atoms with Crippen molar-refractivity contribution >= 4 is 22.5 Å². The SMILES string of the molecule is CC(C)CN[C@@H](C)c1nc2ccccc2c(=O)n1-c1ccccc1Cl. The molecule has 0 amide bonds. The molecule has 5 heteroatoms. The van der Waals surface area contributed by atoms with Crippen LogP contribution in [0.1, 0.15) is 32.6 Å². The maximum atomic E-state index is 13.2. The van der Waals surface area contributed by atoms with Gasteiger partial charge in [0, 0.05) is 0 Å². The number of rotatable bonds is 5. The molecule has 0 saturated carbocycles. The Bertz CT molecular complexity index is 949. The van der Waals surface area contributed by atoms with E-state index in [9.17, 15) is 4.79 Å². The van der Waals surface area contributed by atoms with Crippen molar-refractivity contribution in [3.63, 3.8) is 0 Å². The summed E-state index contributed by atoms with van der Waals surface area (Å²) in [5, 5.41) is 4.57. The van der Waals surface area contributed by atoms with Crippen LogP contribution in [-0.4, -0.2) is 16.1 Å². The van der Waals surface area contributed by atoms with Crippen LogP contribution in [0.25, 0.3) is 16.6 Å². The normalized spacial score (nSPS) is 12.7. The van der Waals surface area contributed by atoms with Crippen molar-refractivity contribution in [2.75, 3.05) is 6.54 Å². The van der Waals surface area contributed by atoms with E-state index in [2.05, 4.69) is 19.2 Å². The fourth-order valence-corrected chi connectivity index (χ4v) is 3.03. The Morgan fingerprint density at radius 3 is 2.48 bits per heavy atom.